The van der Waals surface area contributed by atoms with Crippen LogP contribution in [0.5, 0.6) is 0 Å². The van der Waals surface area contributed by atoms with E-state index in [1.807, 2.05) is 24.1 Å². The number of anilines is 2. The molecule has 0 fully saturated rings. The van der Waals surface area contributed by atoms with E-state index in [9.17, 15) is 9.59 Å². The average molecular weight is 220 g/mol. The number of carboxylic acids is 1. The van der Waals surface area contributed by atoms with Gasteiger partial charge in [0.05, 0.1) is 17.9 Å². The lowest BCUT2D eigenvalue weighted by Gasteiger charge is -2.34. The lowest BCUT2D eigenvalue weighted by Crippen LogP contribution is -2.46. The molecule has 0 spiro atoms. The van der Waals surface area contributed by atoms with Gasteiger partial charge in [-0.05, 0) is 12.1 Å². The predicted octanol–water partition coefficient (Wildman–Crippen LogP) is 0.554. The van der Waals surface area contributed by atoms with E-state index in [0.29, 0.717) is 5.69 Å². The first-order chi connectivity index (χ1) is 7.59. The minimum absolute atomic E-state index is 0.191. The first-order valence-corrected chi connectivity index (χ1v) is 4.92. The van der Waals surface area contributed by atoms with E-state index in [2.05, 4.69) is 0 Å². The Morgan fingerprint density at radius 1 is 1.38 bits per heavy atom. The van der Waals surface area contributed by atoms with E-state index in [1.54, 1.807) is 12.1 Å². The number of carbonyl (C=O) groups is 2. The van der Waals surface area contributed by atoms with Crippen LogP contribution in [0.25, 0.3) is 0 Å². The van der Waals surface area contributed by atoms with Crippen LogP contribution in [0.15, 0.2) is 24.3 Å². The molecule has 0 saturated carbocycles. The molecule has 1 N–H and O–H groups in total. The maximum atomic E-state index is 11.7. The number of nitrogens with zero attached hydrogens (tertiary/aromatic N) is 2. The van der Waals surface area contributed by atoms with Gasteiger partial charge in [0.15, 0.2) is 0 Å². The number of carboxylic acid groups (broad SMARTS) is 1. The van der Waals surface area contributed by atoms with Crippen LogP contribution in [0.1, 0.15) is 0 Å². The molecule has 0 aliphatic carbocycles. The van der Waals surface area contributed by atoms with E-state index in [0.717, 1.165) is 5.69 Å². The highest BCUT2D eigenvalue weighted by atomic mass is 16.4. The molecular formula is C11H12N2O3. The number of likely N-dealkylation sites (N-methyl/N-ethyl adjacent to an activating group) is 1. The third-order valence-corrected chi connectivity index (χ3v) is 2.55. The van der Waals surface area contributed by atoms with Gasteiger partial charge in [-0.1, -0.05) is 12.1 Å². The average Bonchev–Trinajstić information content (AvgIpc) is 2.24. The highest BCUT2D eigenvalue weighted by molar-refractivity contribution is 6.05. The number of benzene rings is 1. The molecule has 1 heterocycles. The van der Waals surface area contributed by atoms with Crippen molar-refractivity contribution in [1.29, 1.82) is 0 Å². The molecule has 0 radical (unpaired) electrons. The standard InChI is InChI=1S/C11H12N2O3/c1-12-6-10(14)13(7-11(15)16)9-5-3-2-4-8(9)12/h2-5H,6-7H2,1H3,(H,15,16). The fraction of sp³-hybridized carbons (Fsp3) is 0.273. The van der Waals surface area contributed by atoms with Crippen LogP contribution in [0.2, 0.25) is 0 Å². The monoisotopic (exact) mass is 220 g/mol. The summed E-state index contributed by atoms with van der Waals surface area (Å²) < 4.78 is 0. The Labute approximate surface area is 92.9 Å². The number of amides is 1. The Balaban J connectivity index is 2.42. The molecule has 2 rings (SSSR count). The molecule has 1 aromatic carbocycles. The first kappa shape index (κ1) is 10.5. The molecule has 5 heteroatoms. The maximum absolute atomic E-state index is 11.7. The molecule has 1 aromatic rings. The Morgan fingerprint density at radius 3 is 2.62 bits per heavy atom. The number of aliphatic carboxylic acids is 1. The summed E-state index contributed by atoms with van der Waals surface area (Å²) in [7, 11) is 1.81. The topological polar surface area (TPSA) is 60.9 Å². The van der Waals surface area contributed by atoms with Crippen molar-refractivity contribution in [2.45, 2.75) is 0 Å². The predicted molar refractivity (Wildman–Crippen MR) is 59.7 cm³/mol. The normalized spacial score (nSPS) is 14.9. The molecule has 1 aliphatic rings. The highest BCUT2D eigenvalue weighted by Gasteiger charge is 2.28. The fourth-order valence-electron chi connectivity index (χ4n) is 1.83. The van der Waals surface area contributed by atoms with Gasteiger partial charge in [0.1, 0.15) is 6.54 Å². The fourth-order valence-corrected chi connectivity index (χ4v) is 1.83. The van der Waals surface area contributed by atoms with Crippen LogP contribution in [0.4, 0.5) is 11.4 Å². The number of carbonyl (C=O) groups excluding carboxylic acids is 1. The summed E-state index contributed by atoms with van der Waals surface area (Å²) in [6.07, 6.45) is 0. The van der Waals surface area contributed by atoms with E-state index < -0.39 is 5.97 Å². The Kier molecular flexibility index (Phi) is 2.52. The first-order valence-electron chi connectivity index (χ1n) is 4.92. The summed E-state index contributed by atoms with van der Waals surface area (Å²) in [4.78, 5) is 25.5. The van der Waals surface area contributed by atoms with E-state index >= 15 is 0 Å². The van der Waals surface area contributed by atoms with Crippen LogP contribution in [-0.2, 0) is 9.59 Å². The summed E-state index contributed by atoms with van der Waals surface area (Å²) in [5.41, 5.74) is 1.53. The molecule has 1 amide bonds. The second-order valence-corrected chi connectivity index (χ2v) is 3.72. The van der Waals surface area contributed by atoms with Crippen molar-refractivity contribution in [1.82, 2.24) is 0 Å². The van der Waals surface area contributed by atoms with Crippen LogP contribution in [0, 0.1) is 0 Å². The highest BCUT2D eigenvalue weighted by Crippen LogP contribution is 2.31. The van der Waals surface area contributed by atoms with Crippen molar-refractivity contribution in [2.24, 2.45) is 0 Å². The summed E-state index contributed by atoms with van der Waals surface area (Å²) in [5.74, 6) is -1.20. The lowest BCUT2D eigenvalue weighted by atomic mass is 10.1. The molecular weight excluding hydrogens is 208 g/mol. The SMILES string of the molecule is CN1CC(=O)N(CC(=O)O)c2ccccc21. The summed E-state index contributed by atoms with van der Waals surface area (Å²) in [6, 6.07) is 7.28. The minimum atomic E-state index is -1.01. The molecule has 0 aromatic heterocycles. The Hall–Kier alpha value is -2.04. The van der Waals surface area contributed by atoms with Gasteiger partial charge in [0, 0.05) is 7.05 Å². The number of fused-ring (bicyclic) bond motifs is 1. The van der Waals surface area contributed by atoms with Crippen LogP contribution in [0.3, 0.4) is 0 Å². The van der Waals surface area contributed by atoms with Crippen molar-refractivity contribution in [3.8, 4) is 0 Å². The second kappa shape index (κ2) is 3.84. The molecule has 84 valence electrons. The van der Waals surface area contributed by atoms with Gasteiger partial charge < -0.3 is 10.0 Å². The van der Waals surface area contributed by atoms with Gasteiger partial charge in [0.25, 0.3) is 0 Å². The van der Waals surface area contributed by atoms with Gasteiger partial charge in [0.2, 0.25) is 5.91 Å². The van der Waals surface area contributed by atoms with Crippen molar-refractivity contribution >= 4 is 23.3 Å². The van der Waals surface area contributed by atoms with Gasteiger partial charge in [-0.15, -0.1) is 0 Å². The molecule has 0 saturated heterocycles. The molecule has 5 nitrogen and oxygen atoms in total. The summed E-state index contributed by atoms with van der Waals surface area (Å²) in [5, 5.41) is 8.77. The molecule has 1 aliphatic heterocycles. The van der Waals surface area contributed by atoms with Crippen molar-refractivity contribution in [2.75, 3.05) is 29.9 Å². The second-order valence-electron chi connectivity index (χ2n) is 3.72. The smallest absolute Gasteiger partial charge is 0.323 e. The molecule has 0 unspecified atom stereocenters. The van der Waals surface area contributed by atoms with Crippen LogP contribution in [-0.4, -0.2) is 37.1 Å². The third kappa shape index (κ3) is 1.71. The largest absolute Gasteiger partial charge is 0.480 e. The van der Waals surface area contributed by atoms with Gasteiger partial charge in [-0.25, -0.2) is 0 Å². The molecule has 16 heavy (non-hydrogen) atoms. The van der Waals surface area contributed by atoms with E-state index in [4.69, 9.17) is 5.11 Å². The van der Waals surface area contributed by atoms with Crippen molar-refractivity contribution < 1.29 is 14.7 Å². The molecule has 0 atom stereocenters. The Bertz CT molecular complexity index is 445. The zero-order valence-electron chi connectivity index (χ0n) is 8.88. The number of rotatable bonds is 2. The minimum Gasteiger partial charge on any atom is -0.480 e. The summed E-state index contributed by atoms with van der Waals surface area (Å²) >= 11 is 0. The van der Waals surface area contributed by atoms with Crippen molar-refractivity contribution in [3.05, 3.63) is 24.3 Å². The number of para-hydroxylation sites is 2. The zero-order chi connectivity index (χ0) is 11.7. The summed E-state index contributed by atoms with van der Waals surface area (Å²) in [6.45, 7) is -0.0754. The molecule has 0 bridgehead atoms. The zero-order valence-corrected chi connectivity index (χ0v) is 8.88. The van der Waals surface area contributed by atoms with Crippen LogP contribution >= 0.6 is 0 Å². The number of hydrogen-bond acceptors (Lipinski definition) is 3. The van der Waals surface area contributed by atoms with Gasteiger partial charge >= 0.3 is 5.97 Å². The van der Waals surface area contributed by atoms with Gasteiger partial charge in [-0.3, -0.25) is 14.5 Å². The third-order valence-electron chi connectivity index (χ3n) is 2.55. The quantitative estimate of drug-likeness (QED) is 0.790. The van der Waals surface area contributed by atoms with E-state index in [1.165, 1.54) is 4.90 Å². The lowest BCUT2D eigenvalue weighted by molar-refractivity contribution is -0.136. The van der Waals surface area contributed by atoms with E-state index in [-0.39, 0.29) is 19.0 Å². The maximum Gasteiger partial charge on any atom is 0.323 e. The van der Waals surface area contributed by atoms with Crippen molar-refractivity contribution in [3.63, 3.8) is 0 Å². The van der Waals surface area contributed by atoms with Gasteiger partial charge in [-0.2, -0.15) is 0 Å². The van der Waals surface area contributed by atoms with Crippen LogP contribution < -0.4 is 9.80 Å². The number of hydrogen-bond donors (Lipinski definition) is 1. The Morgan fingerprint density at radius 2 is 2.00 bits per heavy atom.